The fourth-order valence-electron chi connectivity index (χ4n) is 4.32. The lowest BCUT2D eigenvalue weighted by Crippen LogP contribution is -2.61. The predicted octanol–water partition coefficient (Wildman–Crippen LogP) is 3.30. The molecule has 1 aromatic carbocycles. The van der Waals surface area contributed by atoms with Crippen molar-refractivity contribution in [3.05, 3.63) is 69.8 Å². The number of carbonyl (C=O) groups excluding carboxylic acids is 2. The average Bonchev–Trinajstić information content (AvgIpc) is 2.77. The molecule has 2 bridgehead atoms. The van der Waals surface area contributed by atoms with Crippen LogP contribution in [-0.2, 0) is 22.3 Å². The number of fused-ring (bicyclic) bond motifs is 2. The first-order chi connectivity index (χ1) is 16.5. The fourth-order valence-corrected chi connectivity index (χ4v) is 4.44. The van der Waals surface area contributed by atoms with E-state index in [2.05, 4.69) is 15.6 Å². The minimum atomic E-state index is -4.53. The summed E-state index contributed by atoms with van der Waals surface area (Å²) in [7, 11) is 0. The first-order valence-electron chi connectivity index (χ1n) is 10.5. The van der Waals surface area contributed by atoms with Crippen molar-refractivity contribution in [2.24, 2.45) is 0 Å². The molecule has 35 heavy (non-hydrogen) atoms. The molecule has 7 nitrogen and oxygen atoms in total. The van der Waals surface area contributed by atoms with Crippen molar-refractivity contribution < 1.29 is 37.0 Å². The van der Waals surface area contributed by atoms with E-state index in [0.717, 1.165) is 24.4 Å². The van der Waals surface area contributed by atoms with Crippen LogP contribution >= 0.6 is 11.6 Å². The van der Waals surface area contributed by atoms with Crippen molar-refractivity contribution >= 4 is 23.4 Å². The quantitative estimate of drug-likeness (QED) is 0.493. The number of hydrogen-bond donors (Lipinski definition) is 3. The molecule has 0 aliphatic heterocycles. The summed E-state index contributed by atoms with van der Waals surface area (Å²) in [6.45, 7) is -0.619. The Morgan fingerprint density at radius 2 is 1.97 bits per heavy atom. The molecule has 5 rings (SSSR count). The molecule has 2 aromatic rings. The molecular weight excluding hydrogens is 494 g/mol. The number of carbonyl (C=O) groups is 2. The highest BCUT2D eigenvalue weighted by molar-refractivity contribution is 6.30. The second-order valence-corrected chi connectivity index (χ2v) is 8.91. The van der Waals surface area contributed by atoms with E-state index in [-0.39, 0.29) is 41.6 Å². The van der Waals surface area contributed by atoms with Crippen molar-refractivity contribution in [3.8, 4) is 5.75 Å². The van der Waals surface area contributed by atoms with E-state index in [4.69, 9.17) is 16.3 Å². The molecule has 1 saturated carbocycles. The molecule has 12 heteroatoms. The van der Waals surface area contributed by atoms with Gasteiger partial charge < -0.3 is 20.5 Å². The van der Waals surface area contributed by atoms with E-state index in [0.29, 0.717) is 18.4 Å². The Kier molecular flexibility index (Phi) is 6.74. The summed E-state index contributed by atoms with van der Waals surface area (Å²) in [5.74, 6) is -1.62. The van der Waals surface area contributed by atoms with Gasteiger partial charge in [-0.15, -0.1) is 0 Å². The van der Waals surface area contributed by atoms with Gasteiger partial charge >= 0.3 is 6.18 Å². The molecule has 0 radical (unpaired) electrons. The molecule has 186 valence electrons. The Labute approximate surface area is 202 Å². The van der Waals surface area contributed by atoms with Crippen LogP contribution in [0.2, 0.25) is 5.02 Å². The Bertz CT molecular complexity index is 1190. The largest absolute Gasteiger partial charge is 0.484 e. The summed E-state index contributed by atoms with van der Waals surface area (Å²) < 4.78 is 57.3. The van der Waals surface area contributed by atoms with E-state index in [9.17, 15) is 32.3 Å². The van der Waals surface area contributed by atoms with Gasteiger partial charge in [0.05, 0.1) is 34.5 Å². The number of aliphatic hydroxyl groups excluding tert-OH is 1. The molecule has 3 aliphatic rings. The maximum absolute atomic E-state index is 13.5. The van der Waals surface area contributed by atoms with Crippen LogP contribution in [0.15, 0.2) is 47.7 Å². The SMILES string of the molecule is O=C(COc1ccc(Cl)c(F)c1)NC12CC(=C(C(=O)NCc3cc(C(F)(F)F)ccn3)C(O)C1)C2. The summed E-state index contributed by atoms with van der Waals surface area (Å²) in [4.78, 5) is 28.8. The number of aromatic nitrogens is 1. The summed E-state index contributed by atoms with van der Waals surface area (Å²) in [5.41, 5.74) is -0.770. The lowest BCUT2D eigenvalue weighted by Gasteiger charge is -2.51. The third-order valence-electron chi connectivity index (χ3n) is 5.89. The standard InChI is InChI=1S/C23H20ClF4N3O4/c24-16-2-1-15(6-17(16)25)35-11-19(33)31-22-7-12(8-22)20(18(32)9-22)21(34)30-10-14-5-13(3-4-29-14)23(26,27)28/h1-6,18,32H,7-11H2,(H,30,34)(H,31,33). The highest BCUT2D eigenvalue weighted by Gasteiger charge is 2.51. The first kappa shape index (κ1) is 24.9. The third-order valence-corrected chi connectivity index (χ3v) is 6.19. The number of amides is 2. The zero-order chi connectivity index (χ0) is 25.4. The summed E-state index contributed by atoms with van der Waals surface area (Å²) in [6.07, 6.45) is -3.90. The number of aliphatic hydroxyl groups is 1. The maximum atomic E-state index is 13.5. The number of halogens is 5. The molecule has 1 fully saturated rings. The number of ether oxygens (including phenoxy) is 1. The number of pyridine rings is 1. The zero-order valence-corrected chi connectivity index (χ0v) is 18.8. The van der Waals surface area contributed by atoms with Crippen molar-refractivity contribution in [1.29, 1.82) is 0 Å². The van der Waals surface area contributed by atoms with Crippen LogP contribution in [0.1, 0.15) is 30.5 Å². The first-order valence-corrected chi connectivity index (χ1v) is 10.9. The lowest BCUT2D eigenvalue weighted by molar-refractivity contribution is -0.137. The average molecular weight is 514 g/mol. The van der Waals surface area contributed by atoms with E-state index in [1.54, 1.807) is 0 Å². The lowest BCUT2D eigenvalue weighted by atomic mass is 9.61. The molecule has 3 aliphatic carbocycles. The molecule has 1 heterocycles. The van der Waals surface area contributed by atoms with Crippen LogP contribution in [0.5, 0.6) is 5.75 Å². The topological polar surface area (TPSA) is 101 Å². The minimum absolute atomic E-state index is 0.0277. The van der Waals surface area contributed by atoms with Crippen LogP contribution in [0.25, 0.3) is 0 Å². The van der Waals surface area contributed by atoms with Crippen LogP contribution in [0, 0.1) is 5.82 Å². The van der Waals surface area contributed by atoms with Gasteiger partial charge in [0, 0.05) is 24.3 Å². The molecule has 1 unspecified atom stereocenters. The highest BCUT2D eigenvalue weighted by atomic mass is 35.5. The van der Waals surface area contributed by atoms with Gasteiger partial charge in [0.2, 0.25) is 5.91 Å². The molecule has 2 amide bonds. The van der Waals surface area contributed by atoms with Gasteiger partial charge in [-0.25, -0.2) is 4.39 Å². The van der Waals surface area contributed by atoms with E-state index in [1.165, 1.54) is 12.1 Å². The van der Waals surface area contributed by atoms with Crippen molar-refractivity contribution in [3.63, 3.8) is 0 Å². The number of nitrogens with zero attached hydrogens (tertiary/aromatic N) is 1. The summed E-state index contributed by atoms with van der Waals surface area (Å²) in [5, 5.41) is 15.7. The molecular formula is C23H20ClF4N3O4. The Morgan fingerprint density at radius 3 is 2.63 bits per heavy atom. The van der Waals surface area contributed by atoms with E-state index >= 15 is 0 Å². The fraction of sp³-hybridized carbons (Fsp3) is 0.348. The van der Waals surface area contributed by atoms with E-state index < -0.39 is 41.0 Å². The van der Waals surface area contributed by atoms with E-state index in [1.807, 2.05) is 0 Å². The van der Waals surface area contributed by atoms with Crippen molar-refractivity contribution in [2.75, 3.05) is 6.61 Å². The molecule has 0 saturated heterocycles. The second kappa shape index (κ2) is 9.46. The Morgan fingerprint density at radius 1 is 1.23 bits per heavy atom. The molecule has 3 N–H and O–H groups in total. The van der Waals surface area contributed by atoms with Gasteiger partial charge in [0.15, 0.2) is 6.61 Å². The summed E-state index contributed by atoms with van der Waals surface area (Å²) >= 11 is 5.61. The minimum Gasteiger partial charge on any atom is -0.484 e. The third kappa shape index (κ3) is 5.57. The number of rotatable bonds is 7. The monoisotopic (exact) mass is 513 g/mol. The van der Waals surface area contributed by atoms with Gasteiger partial charge in [0.25, 0.3) is 5.91 Å². The van der Waals surface area contributed by atoms with Crippen molar-refractivity contribution in [1.82, 2.24) is 15.6 Å². The van der Waals surface area contributed by atoms with Crippen LogP contribution < -0.4 is 15.4 Å². The van der Waals surface area contributed by atoms with Crippen LogP contribution in [0.4, 0.5) is 17.6 Å². The molecule has 1 aromatic heterocycles. The van der Waals surface area contributed by atoms with Gasteiger partial charge in [-0.3, -0.25) is 14.6 Å². The number of hydrogen-bond acceptors (Lipinski definition) is 5. The second-order valence-electron chi connectivity index (χ2n) is 8.50. The van der Waals surface area contributed by atoms with Gasteiger partial charge in [-0.2, -0.15) is 13.2 Å². The van der Waals surface area contributed by atoms with Crippen molar-refractivity contribution in [2.45, 2.75) is 43.6 Å². The zero-order valence-electron chi connectivity index (χ0n) is 18.1. The van der Waals surface area contributed by atoms with Gasteiger partial charge in [-0.05, 0) is 37.1 Å². The highest BCUT2D eigenvalue weighted by Crippen LogP contribution is 2.48. The molecule has 0 spiro atoms. The van der Waals surface area contributed by atoms with Crippen LogP contribution in [-0.4, -0.2) is 40.2 Å². The molecule has 1 atom stereocenters. The predicted molar refractivity (Wildman–Crippen MR) is 116 cm³/mol. The van der Waals surface area contributed by atoms with Crippen LogP contribution in [0.3, 0.4) is 0 Å². The smallest absolute Gasteiger partial charge is 0.416 e. The number of benzene rings is 1. The summed E-state index contributed by atoms with van der Waals surface area (Å²) in [6, 6.07) is 5.47. The van der Waals surface area contributed by atoms with Gasteiger partial charge in [-0.1, -0.05) is 17.2 Å². The number of nitrogens with one attached hydrogen (secondary N) is 2. The van der Waals surface area contributed by atoms with Gasteiger partial charge in [0.1, 0.15) is 11.6 Å². The normalized spacial score (nSPS) is 21.3. The Balaban J connectivity index is 1.32. The Hall–Kier alpha value is -3.18. The number of alkyl halides is 3. The maximum Gasteiger partial charge on any atom is 0.416 e.